The van der Waals surface area contributed by atoms with Gasteiger partial charge in [0.1, 0.15) is 0 Å². The Kier molecular flexibility index (Phi) is 617. The Hall–Kier alpha value is 1.75. The molecule has 0 fully saturated rings. The van der Waals surface area contributed by atoms with Crippen molar-refractivity contribution in [2.45, 2.75) is 0 Å². The second-order valence-electron chi connectivity index (χ2n) is 0. The van der Waals surface area contributed by atoms with Crippen LogP contribution in [0.3, 0.4) is 0 Å². The van der Waals surface area contributed by atoms with Gasteiger partial charge in [-0.05, 0) is 0 Å². The van der Waals surface area contributed by atoms with Crippen LogP contribution in [0.1, 0.15) is 0 Å². The summed E-state index contributed by atoms with van der Waals surface area (Å²) in [6, 6.07) is 0. The van der Waals surface area contributed by atoms with Gasteiger partial charge in [0, 0.05) is 40.4 Å². The largest absolute Gasteiger partial charge is 3.00 e. The summed E-state index contributed by atoms with van der Waals surface area (Å²) < 4.78 is 0. The third-order valence-corrected chi connectivity index (χ3v) is 0. The molecule has 0 amide bonds. The van der Waals surface area contributed by atoms with E-state index in [9.17, 15) is 0 Å². The predicted octanol–water partition coefficient (Wildman–Crippen LogP) is -0.359. The van der Waals surface area contributed by atoms with E-state index < -0.39 is 0 Å². The van der Waals surface area contributed by atoms with E-state index in [4.69, 9.17) is 0 Å². The van der Waals surface area contributed by atoms with Gasteiger partial charge < -0.3 is 16.4 Å². The molecule has 0 saturated heterocycles. The van der Waals surface area contributed by atoms with Crippen molar-refractivity contribution in [1.29, 1.82) is 0 Å². The molecular weight excluding hydrogens is 245 g/mol. The maximum Gasteiger partial charge on any atom is 3.00 e. The minimum atomic E-state index is 0. The zero-order chi connectivity index (χ0) is 0. The Morgan fingerprint density at radius 3 is 0.600 bits per heavy atom. The maximum absolute atomic E-state index is 0. The molecule has 0 rings (SSSR count). The third-order valence-electron chi connectivity index (χ3n) is 0. The maximum atomic E-state index is 0. The molecule has 0 aromatic carbocycles. The van der Waals surface area contributed by atoms with Gasteiger partial charge in [0.2, 0.25) is 0 Å². The summed E-state index contributed by atoms with van der Waals surface area (Å²) in [5, 5.41) is 0. The molecule has 0 aliphatic heterocycles. The third kappa shape index (κ3) is 26.4. The molecule has 0 saturated carbocycles. The number of rotatable bonds is 0. The van der Waals surface area contributed by atoms with E-state index in [1.165, 1.54) is 0 Å². The summed E-state index contributed by atoms with van der Waals surface area (Å²) in [6.45, 7) is 0. The van der Waals surface area contributed by atoms with Gasteiger partial charge in [-0.15, -0.1) is 0 Å². The zero-order valence-electron chi connectivity index (χ0n) is 2.08. The van der Waals surface area contributed by atoms with E-state index in [-0.39, 0.29) is 74.2 Å². The van der Waals surface area contributed by atoms with Gasteiger partial charge in [-0.25, -0.2) is 0 Å². The molecule has 0 aliphatic carbocycles. The molecule has 5 heavy (non-hydrogen) atoms. The molecule has 0 aromatic rings. The van der Waals surface area contributed by atoms with Crippen LogP contribution < -0.4 is 0 Å². The van der Waals surface area contributed by atoms with Crippen molar-refractivity contribution in [3.05, 3.63) is 0 Å². The standard InChI is InChI=1S/Cr.3O.Pm/q+3;3*-2;. The smallest absolute Gasteiger partial charge is 2.00 e. The first kappa shape index (κ1) is 72.9. The Morgan fingerprint density at radius 1 is 0.600 bits per heavy atom. The molecule has 3 nitrogen and oxygen atoms in total. The fraction of sp³-hybridized carbons (Fsp3) is 0. The average Bonchev–Trinajstić information content (AvgIpc) is 0. The van der Waals surface area contributed by atoms with E-state index in [1.54, 1.807) is 0 Å². The zero-order valence-corrected chi connectivity index (χ0v) is 6.22. The average molecular weight is 245 g/mol. The van der Waals surface area contributed by atoms with Crippen molar-refractivity contribution in [3.8, 4) is 0 Å². The van der Waals surface area contributed by atoms with E-state index >= 15 is 0 Å². The van der Waals surface area contributed by atoms with Gasteiger partial charge in [-0.2, -0.15) is 0 Å². The topological polar surface area (TPSA) is 85.5 Å². The molecule has 2 radical (unpaired) electrons. The summed E-state index contributed by atoms with van der Waals surface area (Å²) in [5.41, 5.74) is 0. The van der Waals surface area contributed by atoms with Crippen LogP contribution in [0.2, 0.25) is 0 Å². The molecule has 0 heterocycles. The van der Waals surface area contributed by atoms with Crippen LogP contribution in [0.15, 0.2) is 0 Å². The normalized spacial score (nSPS) is 0. The first-order valence-electron chi connectivity index (χ1n) is 0. The van der Waals surface area contributed by atoms with Gasteiger partial charge in [-0.3, -0.25) is 0 Å². The monoisotopic (exact) mass is 245 g/mol. The van der Waals surface area contributed by atoms with Gasteiger partial charge >= 0.3 is 17.4 Å². The first-order chi connectivity index (χ1) is 0. The van der Waals surface area contributed by atoms with Crippen LogP contribution in [0.5, 0.6) is 0 Å². The second-order valence-corrected chi connectivity index (χ2v) is 0. The first-order valence-corrected chi connectivity index (χ1v) is 0. The number of hydrogen-bond donors (Lipinski definition) is 0. The summed E-state index contributed by atoms with van der Waals surface area (Å²) in [5.74, 6) is 0. The van der Waals surface area contributed by atoms with Crippen LogP contribution in [0.25, 0.3) is 0 Å². The van der Waals surface area contributed by atoms with Gasteiger partial charge in [0.15, 0.2) is 0 Å². The van der Waals surface area contributed by atoms with E-state index in [0.29, 0.717) is 0 Å². The van der Waals surface area contributed by atoms with Crippen molar-refractivity contribution in [1.82, 2.24) is 0 Å². The molecule has 32 valence electrons. The molecule has 5 heteroatoms. The molecule has 0 atom stereocenters. The SMILES string of the molecule is [Cr+3].[O-2].[O-2].[O-2].[Pm]. The van der Waals surface area contributed by atoms with E-state index in [1.807, 2.05) is 0 Å². The van der Waals surface area contributed by atoms with Crippen LogP contribution in [-0.2, 0) is 33.8 Å². The molecule has 0 aromatic heterocycles. The molecule has 0 unspecified atom stereocenters. The summed E-state index contributed by atoms with van der Waals surface area (Å²) in [6.07, 6.45) is 0. The number of hydrogen-bond acceptors (Lipinski definition) is 0. The Morgan fingerprint density at radius 2 is 0.600 bits per heavy atom. The Balaban J connectivity index is 0. The van der Waals surface area contributed by atoms with Crippen molar-refractivity contribution in [2.75, 3.05) is 0 Å². The molecule has 0 aliphatic rings. The quantitative estimate of drug-likeness (QED) is 0.558. The van der Waals surface area contributed by atoms with E-state index in [0.717, 1.165) is 0 Å². The molecular formula is CrO3Pm-3. The molecule has 0 bridgehead atoms. The van der Waals surface area contributed by atoms with Crippen LogP contribution in [0, 0.1) is 40.4 Å². The van der Waals surface area contributed by atoms with Crippen molar-refractivity contribution >= 4 is 0 Å². The van der Waals surface area contributed by atoms with Crippen molar-refractivity contribution in [3.63, 3.8) is 0 Å². The Bertz CT molecular complexity index is 6.85. The fourth-order valence-electron chi connectivity index (χ4n) is 0. The van der Waals surface area contributed by atoms with Gasteiger partial charge in [0.05, 0.1) is 0 Å². The summed E-state index contributed by atoms with van der Waals surface area (Å²) in [7, 11) is 0. The van der Waals surface area contributed by atoms with Crippen molar-refractivity contribution < 1.29 is 74.2 Å². The van der Waals surface area contributed by atoms with Crippen LogP contribution in [-0.4, -0.2) is 0 Å². The van der Waals surface area contributed by atoms with Gasteiger partial charge in [0.25, 0.3) is 0 Å². The van der Waals surface area contributed by atoms with Crippen LogP contribution >= 0.6 is 0 Å². The minimum absolute atomic E-state index is 0. The van der Waals surface area contributed by atoms with Gasteiger partial charge in [-0.1, -0.05) is 0 Å². The van der Waals surface area contributed by atoms with Crippen LogP contribution in [0.4, 0.5) is 0 Å². The minimum Gasteiger partial charge on any atom is -2.00 e. The fourth-order valence-corrected chi connectivity index (χ4v) is 0. The second kappa shape index (κ2) is 42.4. The van der Waals surface area contributed by atoms with E-state index in [2.05, 4.69) is 0 Å². The predicted molar refractivity (Wildman–Crippen MR) is 2.06 cm³/mol. The summed E-state index contributed by atoms with van der Waals surface area (Å²) in [4.78, 5) is 0. The molecule has 0 spiro atoms. The molecule has 0 N–H and O–H groups in total. The summed E-state index contributed by atoms with van der Waals surface area (Å²) >= 11 is 0. The Labute approximate surface area is 73.3 Å². The van der Waals surface area contributed by atoms with Crippen molar-refractivity contribution in [2.24, 2.45) is 0 Å².